The highest BCUT2D eigenvalue weighted by atomic mass is 32.2. The molecular weight excluding hydrogens is 278 g/mol. The van der Waals surface area contributed by atoms with Gasteiger partial charge in [-0.05, 0) is 13.0 Å². The van der Waals surface area contributed by atoms with Gasteiger partial charge < -0.3 is 10.2 Å². The van der Waals surface area contributed by atoms with E-state index in [1.165, 1.54) is 6.07 Å². The molecule has 1 N–H and O–H groups in total. The molecule has 108 valence electrons. The molecule has 1 saturated heterocycles. The molecule has 2 rings (SSSR count). The third-order valence-electron chi connectivity index (χ3n) is 3.35. The van der Waals surface area contributed by atoms with Gasteiger partial charge in [-0.2, -0.15) is 11.8 Å². The molecule has 7 heteroatoms. The highest BCUT2D eigenvalue weighted by Crippen LogP contribution is 2.30. The summed E-state index contributed by atoms with van der Waals surface area (Å²) in [4.78, 5) is 25.0. The lowest BCUT2D eigenvalue weighted by atomic mass is 10.1. The van der Waals surface area contributed by atoms with Crippen molar-refractivity contribution in [3.63, 3.8) is 0 Å². The summed E-state index contributed by atoms with van der Waals surface area (Å²) >= 11 is 1.82. The van der Waals surface area contributed by atoms with Crippen molar-refractivity contribution in [2.75, 3.05) is 30.4 Å². The van der Waals surface area contributed by atoms with Crippen LogP contribution in [0.4, 0.5) is 11.4 Å². The highest BCUT2D eigenvalue weighted by molar-refractivity contribution is 7.99. The minimum absolute atomic E-state index is 0.0719. The van der Waals surface area contributed by atoms with E-state index < -0.39 is 4.92 Å². The van der Waals surface area contributed by atoms with Crippen molar-refractivity contribution in [1.82, 2.24) is 4.90 Å². The van der Waals surface area contributed by atoms with E-state index >= 15 is 0 Å². The lowest BCUT2D eigenvalue weighted by Gasteiger charge is -2.33. The maximum atomic E-state index is 12.6. The van der Waals surface area contributed by atoms with Crippen LogP contribution in [0.3, 0.4) is 0 Å². The SMILES string of the molecule is CNc1c(C(=O)N2CCSCC2C)cccc1[N+](=O)[O-]. The molecule has 1 aliphatic rings. The number of nitro groups is 1. The second-order valence-electron chi connectivity index (χ2n) is 4.63. The van der Waals surface area contributed by atoms with E-state index in [-0.39, 0.29) is 23.3 Å². The third-order valence-corrected chi connectivity index (χ3v) is 4.54. The van der Waals surface area contributed by atoms with Gasteiger partial charge in [-0.25, -0.2) is 0 Å². The van der Waals surface area contributed by atoms with Crippen LogP contribution >= 0.6 is 11.8 Å². The predicted octanol–water partition coefficient (Wildman–Crippen LogP) is 2.21. The van der Waals surface area contributed by atoms with Gasteiger partial charge in [0.1, 0.15) is 5.69 Å². The van der Waals surface area contributed by atoms with E-state index in [0.717, 1.165) is 11.5 Å². The molecule has 20 heavy (non-hydrogen) atoms. The van der Waals surface area contributed by atoms with E-state index in [0.29, 0.717) is 12.1 Å². The van der Waals surface area contributed by atoms with Gasteiger partial charge in [-0.15, -0.1) is 0 Å². The number of nitrogens with zero attached hydrogens (tertiary/aromatic N) is 2. The fourth-order valence-electron chi connectivity index (χ4n) is 2.32. The van der Waals surface area contributed by atoms with Gasteiger partial charge in [0.15, 0.2) is 0 Å². The summed E-state index contributed by atoms with van der Waals surface area (Å²) < 4.78 is 0. The van der Waals surface area contributed by atoms with Crippen LogP contribution in [-0.2, 0) is 0 Å². The van der Waals surface area contributed by atoms with Crippen molar-refractivity contribution in [1.29, 1.82) is 0 Å². The topological polar surface area (TPSA) is 75.5 Å². The highest BCUT2D eigenvalue weighted by Gasteiger charge is 2.28. The Hall–Kier alpha value is -1.76. The predicted molar refractivity (Wildman–Crippen MR) is 80.5 cm³/mol. The Morgan fingerprint density at radius 2 is 2.30 bits per heavy atom. The Labute approximate surface area is 121 Å². The molecule has 1 aromatic rings. The Kier molecular flexibility index (Phi) is 4.49. The average Bonchev–Trinajstić information content (AvgIpc) is 2.46. The Balaban J connectivity index is 2.39. The number of carbonyl (C=O) groups is 1. The van der Waals surface area contributed by atoms with E-state index in [2.05, 4.69) is 5.32 Å². The van der Waals surface area contributed by atoms with Gasteiger partial charge in [-0.1, -0.05) is 6.07 Å². The van der Waals surface area contributed by atoms with E-state index in [1.54, 1.807) is 24.1 Å². The smallest absolute Gasteiger partial charge is 0.293 e. The second kappa shape index (κ2) is 6.13. The number of carbonyl (C=O) groups excluding carboxylic acids is 1. The fraction of sp³-hybridized carbons (Fsp3) is 0.462. The summed E-state index contributed by atoms with van der Waals surface area (Å²) in [5, 5.41) is 13.8. The van der Waals surface area contributed by atoms with Crippen molar-refractivity contribution >= 4 is 29.0 Å². The first-order valence-electron chi connectivity index (χ1n) is 6.40. The van der Waals surface area contributed by atoms with Crippen LogP contribution in [0.25, 0.3) is 0 Å². The first kappa shape index (κ1) is 14.6. The van der Waals surface area contributed by atoms with Gasteiger partial charge in [0.2, 0.25) is 0 Å². The zero-order chi connectivity index (χ0) is 14.7. The maximum Gasteiger partial charge on any atom is 0.293 e. The summed E-state index contributed by atoms with van der Waals surface area (Å²) in [6.45, 7) is 2.68. The van der Waals surface area contributed by atoms with Crippen molar-refractivity contribution in [3.8, 4) is 0 Å². The molecule has 1 fully saturated rings. The average molecular weight is 295 g/mol. The minimum atomic E-state index is -0.474. The molecule has 0 bridgehead atoms. The molecule has 1 amide bonds. The van der Waals surface area contributed by atoms with E-state index in [9.17, 15) is 14.9 Å². The van der Waals surface area contributed by atoms with Crippen molar-refractivity contribution in [3.05, 3.63) is 33.9 Å². The molecule has 0 saturated carbocycles. The van der Waals surface area contributed by atoms with Gasteiger partial charge in [0.25, 0.3) is 11.6 Å². The van der Waals surface area contributed by atoms with Gasteiger partial charge in [0, 0.05) is 37.2 Å². The number of anilines is 1. The first-order valence-corrected chi connectivity index (χ1v) is 7.55. The summed E-state index contributed by atoms with van der Waals surface area (Å²) in [7, 11) is 1.59. The molecular formula is C13H17N3O3S. The van der Waals surface area contributed by atoms with Crippen molar-refractivity contribution < 1.29 is 9.72 Å². The van der Waals surface area contributed by atoms with Crippen LogP contribution in [-0.4, -0.2) is 46.9 Å². The van der Waals surface area contributed by atoms with Gasteiger partial charge >= 0.3 is 0 Å². The van der Waals surface area contributed by atoms with Crippen molar-refractivity contribution in [2.45, 2.75) is 13.0 Å². The molecule has 0 aliphatic carbocycles. The summed E-state index contributed by atoms with van der Waals surface area (Å²) in [6.07, 6.45) is 0. The number of thioether (sulfide) groups is 1. The van der Waals surface area contributed by atoms with Crippen LogP contribution in [0.5, 0.6) is 0 Å². The fourth-order valence-corrected chi connectivity index (χ4v) is 3.33. The molecule has 1 aromatic carbocycles. The van der Waals surface area contributed by atoms with E-state index in [4.69, 9.17) is 0 Å². The molecule has 6 nitrogen and oxygen atoms in total. The number of hydrogen-bond acceptors (Lipinski definition) is 5. The van der Waals surface area contributed by atoms with Crippen LogP contribution in [0.2, 0.25) is 0 Å². The number of nitrogens with one attached hydrogen (secondary N) is 1. The van der Waals surface area contributed by atoms with Crippen LogP contribution in [0.1, 0.15) is 17.3 Å². The molecule has 1 heterocycles. The number of hydrogen-bond donors (Lipinski definition) is 1. The van der Waals surface area contributed by atoms with Crippen LogP contribution in [0.15, 0.2) is 18.2 Å². The van der Waals surface area contributed by atoms with Crippen molar-refractivity contribution in [2.24, 2.45) is 0 Å². The van der Waals surface area contributed by atoms with Gasteiger partial charge in [-0.3, -0.25) is 14.9 Å². The lowest BCUT2D eigenvalue weighted by Crippen LogP contribution is -2.44. The minimum Gasteiger partial charge on any atom is -0.382 e. The normalized spacial score (nSPS) is 18.7. The largest absolute Gasteiger partial charge is 0.382 e. The molecule has 0 radical (unpaired) electrons. The number of benzene rings is 1. The monoisotopic (exact) mass is 295 g/mol. The number of nitro benzene ring substituents is 1. The summed E-state index contributed by atoms with van der Waals surface area (Å²) in [6, 6.07) is 4.73. The number of amides is 1. The van der Waals surface area contributed by atoms with Crippen LogP contribution < -0.4 is 5.32 Å². The zero-order valence-electron chi connectivity index (χ0n) is 11.5. The third kappa shape index (κ3) is 2.72. The zero-order valence-corrected chi connectivity index (χ0v) is 12.3. The molecule has 1 atom stereocenters. The van der Waals surface area contributed by atoms with Gasteiger partial charge in [0.05, 0.1) is 10.5 Å². The van der Waals surface area contributed by atoms with E-state index in [1.807, 2.05) is 18.7 Å². The second-order valence-corrected chi connectivity index (χ2v) is 5.78. The molecule has 0 spiro atoms. The Morgan fingerprint density at radius 3 is 2.90 bits per heavy atom. The first-order chi connectivity index (χ1) is 9.56. The molecule has 1 unspecified atom stereocenters. The van der Waals surface area contributed by atoms with Crippen LogP contribution in [0, 0.1) is 10.1 Å². The molecule has 1 aliphatic heterocycles. The standard InChI is InChI=1S/C13H17N3O3S/c1-9-8-20-7-6-15(9)13(17)10-4-3-5-11(16(18)19)12(10)14-2/h3-5,9,14H,6-8H2,1-2H3. The summed E-state index contributed by atoms with van der Waals surface area (Å²) in [5.74, 6) is 1.65. The Bertz CT molecular complexity index is 536. The lowest BCUT2D eigenvalue weighted by molar-refractivity contribution is -0.384. The molecule has 0 aromatic heterocycles. The summed E-state index contributed by atoms with van der Waals surface area (Å²) in [5.41, 5.74) is 0.575. The maximum absolute atomic E-state index is 12.6. The number of rotatable bonds is 3. The Morgan fingerprint density at radius 1 is 1.55 bits per heavy atom. The quantitative estimate of drug-likeness (QED) is 0.683. The number of para-hydroxylation sites is 1.